The molecule has 0 aromatic heterocycles. The van der Waals surface area contributed by atoms with Gasteiger partial charge in [0.05, 0.1) is 19.1 Å². The average molecular weight is 592 g/mol. The Morgan fingerprint density at radius 2 is 1.79 bits per heavy atom. The van der Waals surface area contributed by atoms with Gasteiger partial charge in [-0.1, -0.05) is 0 Å². The number of carboxylic acids is 1. The number of aliphatic carboxylic acids is 1. The number of hydrogen-bond acceptors (Lipinski definition) is 14. The van der Waals surface area contributed by atoms with Crippen LogP contribution in [0, 0.1) is 0 Å². The van der Waals surface area contributed by atoms with Gasteiger partial charge in [-0.25, -0.2) is 0 Å². The Bertz CT molecular complexity index is 1340. The molecule has 2 aromatic carbocycles. The third-order valence-electron chi connectivity index (χ3n) is 7.23. The minimum Gasteiger partial charge on any atom is -0.492 e. The summed E-state index contributed by atoms with van der Waals surface area (Å²) in [6.45, 7) is 0.148. The van der Waals surface area contributed by atoms with E-state index in [9.17, 15) is 19.8 Å². The molecule has 1 fully saturated rings. The highest BCUT2D eigenvalue weighted by Gasteiger charge is 2.48. The molecule has 4 heterocycles. The second-order valence-electron chi connectivity index (χ2n) is 9.98. The summed E-state index contributed by atoms with van der Waals surface area (Å²) in [6, 6.07) is 8.69. The minimum atomic E-state index is -1.60. The number of esters is 1. The summed E-state index contributed by atoms with van der Waals surface area (Å²) in [7, 11) is 0. The smallest absolute Gasteiger partial charge is 0.317 e. The molecule has 0 radical (unpaired) electrons. The van der Waals surface area contributed by atoms with Gasteiger partial charge in [0.2, 0.25) is 6.79 Å². The molecule has 15 nitrogen and oxygen atoms in total. The zero-order valence-electron chi connectivity index (χ0n) is 22.1. The number of benzene rings is 2. The van der Waals surface area contributed by atoms with Gasteiger partial charge in [0.25, 0.3) is 0 Å². The molecule has 4 aliphatic rings. The van der Waals surface area contributed by atoms with Crippen LogP contribution in [-0.2, 0) is 28.7 Å². The van der Waals surface area contributed by atoms with E-state index in [1.807, 2.05) is 6.07 Å². The molecule has 15 heteroatoms. The molecule has 0 bridgehead atoms. The zero-order valence-corrected chi connectivity index (χ0v) is 22.1. The largest absolute Gasteiger partial charge is 0.492 e. The molecule has 5 N–H and O–H groups in total. The standard InChI is InChI=1S/C27H29NO14/c28-3-4-34-27-26(24(33)23(32)20(40-27)10-36-22(31)8-21(29)30)42-41-12-1-2-16-14(5-12)25-15(9-35-16)13-6-18-19(38-11-37-18)7-17(13)39-25/h1-2,5-7,15,20,23-27,32-33H,3-4,8-11,28H2,(H,29,30). The van der Waals surface area contributed by atoms with Crippen molar-refractivity contribution in [3.05, 3.63) is 41.5 Å². The van der Waals surface area contributed by atoms with Crippen molar-refractivity contribution < 1.29 is 67.8 Å². The van der Waals surface area contributed by atoms with Gasteiger partial charge in [0, 0.05) is 23.7 Å². The molecule has 0 spiro atoms. The Labute approximate surface area is 238 Å². The molecule has 42 heavy (non-hydrogen) atoms. The molecule has 4 aliphatic heterocycles. The molecule has 226 valence electrons. The van der Waals surface area contributed by atoms with Crippen LogP contribution in [0.4, 0.5) is 0 Å². The maximum atomic E-state index is 11.6. The summed E-state index contributed by atoms with van der Waals surface area (Å²) >= 11 is 0. The second-order valence-corrected chi connectivity index (χ2v) is 9.98. The highest BCUT2D eigenvalue weighted by molar-refractivity contribution is 5.90. The summed E-state index contributed by atoms with van der Waals surface area (Å²) in [5, 5.41) is 30.1. The van der Waals surface area contributed by atoms with E-state index in [4.69, 9.17) is 53.8 Å². The van der Waals surface area contributed by atoms with Gasteiger partial charge in [-0.2, -0.15) is 4.89 Å². The Morgan fingerprint density at radius 3 is 2.57 bits per heavy atom. The molecule has 0 amide bonds. The zero-order chi connectivity index (χ0) is 29.4. The lowest BCUT2D eigenvalue weighted by molar-refractivity contribution is -0.372. The fourth-order valence-electron chi connectivity index (χ4n) is 5.21. The number of ether oxygens (including phenoxy) is 7. The number of aliphatic hydroxyl groups is 2. The molecule has 6 rings (SSSR count). The summed E-state index contributed by atoms with van der Waals surface area (Å²) in [6.07, 6.45) is -8.29. The maximum Gasteiger partial charge on any atom is 0.317 e. The van der Waals surface area contributed by atoms with Crippen LogP contribution in [0.15, 0.2) is 30.3 Å². The number of aliphatic hydroxyl groups excluding tert-OH is 2. The van der Waals surface area contributed by atoms with Crippen molar-refractivity contribution in [3.63, 3.8) is 0 Å². The molecule has 1 saturated heterocycles. The fraction of sp³-hybridized carbons (Fsp3) is 0.481. The normalized spacial score (nSPS) is 28.5. The van der Waals surface area contributed by atoms with Crippen LogP contribution >= 0.6 is 0 Å². The molecule has 7 unspecified atom stereocenters. The monoisotopic (exact) mass is 591 g/mol. The van der Waals surface area contributed by atoms with E-state index in [2.05, 4.69) is 0 Å². The number of nitrogens with two attached hydrogens (primary N) is 1. The second kappa shape index (κ2) is 11.8. The average Bonchev–Trinajstić information content (AvgIpc) is 3.58. The highest BCUT2D eigenvalue weighted by Crippen LogP contribution is 2.54. The summed E-state index contributed by atoms with van der Waals surface area (Å²) in [4.78, 5) is 33.4. The van der Waals surface area contributed by atoms with Gasteiger partial charge < -0.3 is 59.1 Å². The van der Waals surface area contributed by atoms with Crippen LogP contribution in [0.3, 0.4) is 0 Å². The SMILES string of the molecule is NCCOC1OC(COC(=O)CC(=O)O)C(O)C(O)C1OOc1ccc2c(c1)C1Oc3cc4c(cc3C1CO2)OCO4. The first-order valence-corrected chi connectivity index (χ1v) is 13.2. The van der Waals surface area contributed by atoms with Gasteiger partial charge in [0.15, 0.2) is 29.6 Å². The van der Waals surface area contributed by atoms with Crippen molar-refractivity contribution in [2.45, 2.75) is 49.1 Å². The molecular formula is C27H29NO14. The predicted molar refractivity (Wildman–Crippen MR) is 135 cm³/mol. The fourth-order valence-corrected chi connectivity index (χ4v) is 5.21. The van der Waals surface area contributed by atoms with Crippen LogP contribution in [-0.4, -0.2) is 91.1 Å². The number of carbonyl (C=O) groups excluding carboxylic acids is 1. The Morgan fingerprint density at radius 1 is 0.976 bits per heavy atom. The van der Waals surface area contributed by atoms with Gasteiger partial charge in [0.1, 0.15) is 48.9 Å². The molecule has 0 saturated carbocycles. The predicted octanol–water partition coefficient (Wildman–Crippen LogP) is 0.144. The van der Waals surface area contributed by atoms with E-state index in [1.54, 1.807) is 24.3 Å². The van der Waals surface area contributed by atoms with E-state index in [-0.39, 0.29) is 37.7 Å². The summed E-state index contributed by atoms with van der Waals surface area (Å²) in [5.74, 6) is 0.282. The van der Waals surface area contributed by atoms with E-state index in [0.717, 1.165) is 5.56 Å². The van der Waals surface area contributed by atoms with E-state index in [0.29, 0.717) is 35.2 Å². The van der Waals surface area contributed by atoms with Crippen LogP contribution in [0.1, 0.15) is 29.6 Å². The van der Waals surface area contributed by atoms with Crippen LogP contribution < -0.4 is 29.6 Å². The Balaban J connectivity index is 1.13. The highest BCUT2D eigenvalue weighted by atomic mass is 17.2. The first kappa shape index (κ1) is 28.3. The lowest BCUT2D eigenvalue weighted by Gasteiger charge is -2.40. The van der Waals surface area contributed by atoms with Crippen molar-refractivity contribution in [3.8, 4) is 28.7 Å². The Kier molecular flexibility index (Phi) is 7.94. The van der Waals surface area contributed by atoms with Crippen molar-refractivity contribution in [1.29, 1.82) is 0 Å². The van der Waals surface area contributed by atoms with E-state index in [1.165, 1.54) is 0 Å². The first-order valence-electron chi connectivity index (χ1n) is 13.2. The van der Waals surface area contributed by atoms with Crippen LogP contribution in [0.25, 0.3) is 0 Å². The number of rotatable bonds is 10. The van der Waals surface area contributed by atoms with Gasteiger partial charge >= 0.3 is 11.9 Å². The van der Waals surface area contributed by atoms with Crippen molar-refractivity contribution in [2.75, 3.05) is 33.2 Å². The quantitative estimate of drug-likeness (QED) is 0.126. The summed E-state index contributed by atoms with van der Waals surface area (Å²) in [5.41, 5.74) is 7.19. The molecule has 7 atom stereocenters. The minimum absolute atomic E-state index is 0.00945. The van der Waals surface area contributed by atoms with Crippen LogP contribution in [0.2, 0.25) is 0 Å². The third-order valence-corrected chi connectivity index (χ3v) is 7.23. The van der Waals surface area contributed by atoms with Crippen molar-refractivity contribution in [1.82, 2.24) is 0 Å². The van der Waals surface area contributed by atoms with Gasteiger partial charge in [-0.05, 0) is 24.3 Å². The number of carbonyl (C=O) groups is 2. The number of hydrogen-bond donors (Lipinski definition) is 4. The van der Waals surface area contributed by atoms with Crippen molar-refractivity contribution in [2.24, 2.45) is 5.73 Å². The van der Waals surface area contributed by atoms with Crippen molar-refractivity contribution >= 4 is 11.9 Å². The van der Waals surface area contributed by atoms with Crippen LogP contribution in [0.5, 0.6) is 28.7 Å². The third kappa shape index (κ3) is 5.49. The van der Waals surface area contributed by atoms with Gasteiger partial charge in [-0.3, -0.25) is 9.59 Å². The lowest BCUT2D eigenvalue weighted by Crippen LogP contribution is -2.60. The van der Waals surface area contributed by atoms with Gasteiger partial charge in [-0.15, -0.1) is 0 Å². The topological polar surface area (TPSA) is 204 Å². The Hall–Kier alpha value is -3.86. The molecule has 0 aliphatic carbocycles. The first-order chi connectivity index (χ1) is 20.3. The summed E-state index contributed by atoms with van der Waals surface area (Å²) < 4.78 is 39.3. The number of fused-ring (bicyclic) bond motifs is 6. The molecular weight excluding hydrogens is 562 g/mol. The maximum absolute atomic E-state index is 11.6. The van der Waals surface area contributed by atoms with E-state index < -0.39 is 55.7 Å². The lowest BCUT2D eigenvalue weighted by atomic mass is 9.89. The van der Waals surface area contributed by atoms with E-state index >= 15 is 0 Å². The molecule has 2 aromatic rings. The number of carboxylic acid groups (broad SMARTS) is 1.